The zero-order valence-electron chi connectivity index (χ0n) is 12.3. The second-order valence-corrected chi connectivity index (χ2v) is 6.03. The summed E-state index contributed by atoms with van der Waals surface area (Å²) in [6, 6.07) is 0. The van der Waals surface area contributed by atoms with Crippen molar-refractivity contribution in [1.29, 1.82) is 0 Å². The molecular weight excluding hydrogens is 268 g/mol. The molecule has 1 aliphatic carbocycles. The summed E-state index contributed by atoms with van der Waals surface area (Å²) in [6.45, 7) is 3.02. The average molecular weight is 292 g/mol. The van der Waals surface area contributed by atoms with E-state index in [0.717, 1.165) is 32.5 Å². The molecule has 1 aliphatic heterocycles. The van der Waals surface area contributed by atoms with Gasteiger partial charge >= 0.3 is 0 Å². The van der Waals surface area contributed by atoms with Gasteiger partial charge in [0.2, 0.25) is 17.8 Å². The predicted octanol–water partition coefficient (Wildman–Crippen LogP) is 0.874. The molecule has 2 fully saturated rings. The van der Waals surface area contributed by atoms with Gasteiger partial charge in [-0.25, -0.2) is 0 Å². The lowest BCUT2D eigenvalue weighted by Crippen LogP contribution is -2.24. The lowest BCUT2D eigenvalue weighted by atomic mass is 9.97. The molecule has 0 aromatic carbocycles. The summed E-state index contributed by atoms with van der Waals surface area (Å²) in [4.78, 5) is 15.0. The van der Waals surface area contributed by atoms with E-state index in [1.807, 2.05) is 0 Å². The first-order valence-electron chi connectivity index (χ1n) is 7.87. The van der Waals surface area contributed by atoms with Gasteiger partial charge in [-0.05, 0) is 37.5 Å². The third-order valence-electron chi connectivity index (χ3n) is 4.60. The summed E-state index contributed by atoms with van der Waals surface area (Å²) in [5, 5.41) is 12.6. The molecule has 0 bridgehead atoms. The van der Waals surface area contributed by atoms with Gasteiger partial charge in [0.15, 0.2) is 0 Å². The molecule has 1 saturated heterocycles. The molecule has 2 heterocycles. The van der Waals surface area contributed by atoms with Crippen LogP contribution >= 0.6 is 0 Å². The minimum absolute atomic E-state index is 0.263. The Morgan fingerprint density at radius 2 is 1.86 bits per heavy atom. The van der Waals surface area contributed by atoms with E-state index < -0.39 is 0 Å². The monoisotopic (exact) mass is 292 g/mol. The van der Waals surface area contributed by atoms with Crippen LogP contribution in [0.25, 0.3) is 0 Å². The average Bonchev–Trinajstić information content (AvgIpc) is 3.15. The van der Waals surface area contributed by atoms with E-state index >= 15 is 0 Å². The van der Waals surface area contributed by atoms with Crippen LogP contribution in [0.1, 0.15) is 32.1 Å². The first kappa shape index (κ1) is 14.3. The van der Waals surface area contributed by atoms with Crippen molar-refractivity contribution in [1.82, 2.24) is 15.0 Å². The highest BCUT2D eigenvalue weighted by Gasteiger charge is 2.26. The Kier molecular flexibility index (Phi) is 4.38. The first-order valence-corrected chi connectivity index (χ1v) is 7.87. The maximum absolute atomic E-state index is 9.37. The maximum atomic E-state index is 9.37. The molecule has 3 rings (SSSR count). The van der Waals surface area contributed by atoms with E-state index in [-0.39, 0.29) is 12.6 Å². The highest BCUT2D eigenvalue weighted by Crippen LogP contribution is 2.31. The molecule has 21 heavy (non-hydrogen) atoms. The van der Waals surface area contributed by atoms with Crippen LogP contribution in [0.15, 0.2) is 0 Å². The molecule has 116 valence electrons. The summed E-state index contributed by atoms with van der Waals surface area (Å²) in [7, 11) is 0. The Balaban J connectivity index is 1.64. The minimum atomic E-state index is 0.263. The number of hydrogen-bond acceptors (Lipinski definition) is 7. The fourth-order valence-electron chi connectivity index (χ4n) is 3.36. The first-order chi connectivity index (χ1) is 10.3. The van der Waals surface area contributed by atoms with Crippen LogP contribution in [0.3, 0.4) is 0 Å². The van der Waals surface area contributed by atoms with Crippen LogP contribution < -0.4 is 16.0 Å². The Labute approximate surface area is 125 Å². The summed E-state index contributed by atoms with van der Waals surface area (Å²) in [6.07, 6.45) is 5.80. The Bertz CT molecular complexity index is 477. The molecule has 1 aromatic rings. The highest BCUT2D eigenvalue weighted by atomic mass is 16.3. The van der Waals surface area contributed by atoms with Crippen LogP contribution in [-0.4, -0.2) is 46.3 Å². The number of anilines is 3. The van der Waals surface area contributed by atoms with Crippen LogP contribution in [0, 0.1) is 11.8 Å². The number of nitrogens with one attached hydrogen (secondary N) is 1. The zero-order valence-corrected chi connectivity index (χ0v) is 12.3. The second-order valence-electron chi connectivity index (χ2n) is 6.03. The standard InChI is InChI=1S/C14H24N6O/c15-12-17-13(16-8-10-4-3-5-11(10)9-21)19-14(18-12)20-6-1-2-7-20/h10-11,21H,1-9H2,(H3,15,16,17,18,19). The lowest BCUT2D eigenvalue weighted by Gasteiger charge is -2.19. The van der Waals surface area contributed by atoms with E-state index in [9.17, 15) is 5.11 Å². The number of aliphatic hydroxyl groups excluding tert-OH is 1. The normalized spacial score (nSPS) is 25.5. The van der Waals surface area contributed by atoms with Gasteiger partial charge in [0.25, 0.3) is 0 Å². The molecule has 7 heteroatoms. The predicted molar refractivity (Wildman–Crippen MR) is 82.1 cm³/mol. The van der Waals surface area contributed by atoms with Gasteiger partial charge in [-0.2, -0.15) is 15.0 Å². The smallest absolute Gasteiger partial charge is 0.231 e. The van der Waals surface area contributed by atoms with Crippen LogP contribution in [0.2, 0.25) is 0 Å². The fourth-order valence-corrected chi connectivity index (χ4v) is 3.36. The van der Waals surface area contributed by atoms with Crippen molar-refractivity contribution in [3.05, 3.63) is 0 Å². The van der Waals surface area contributed by atoms with Crippen LogP contribution in [0.5, 0.6) is 0 Å². The van der Waals surface area contributed by atoms with E-state index in [1.54, 1.807) is 0 Å². The van der Waals surface area contributed by atoms with Gasteiger partial charge in [0, 0.05) is 26.2 Å². The number of rotatable bonds is 5. The molecule has 7 nitrogen and oxygen atoms in total. The molecule has 4 N–H and O–H groups in total. The van der Waals surface area contributed by atoms with E-state index in [2.05, 4.69) is 25.2 Å². The number of nitrogens with two attached hydrogens (primary N) is 1. The quantitative estimate of drug-likeness (QED) is 0.740. The summed E-state index contributed by atoms with van der Waals surface area (Å²) in [5.41, 5.74) is 5.80. The van der Waals surface area contributed by atoms with Crippen molar-refractivity contribution in [3.63, 3.8) is 0 Å². The van der Waals surface area contributed by atoms with Gasteiger partial charge in [0.1, 0.15) is 0 Å². The van der Waals surface area contributed by atoms with Crippen molar-refractivity contribution >= 4 is 17.8 Å². The van der Waals surface area contributed by atoms with Crippen LogP contribution in [-0.2, 0) is 0 Å². The largest absolute Gasteiger partial charge is 0.396 e. The molecule has 2 aliphatic rings. The topological polar surface area (TPSA) is 100 Å². The van der Waals surface area contributed by atoms with Gasteiger partial charge < -0.3 is 21.1 Å². The summed E-state index contributed by atoms with van der Waals surface area (Å²) < 4.78 is 0. The highest BCUT2D eigenvalue weighted by molar-refractivity contribution is 5.42. The van der Waals surface area contributed by atoms with Gasteiger partial charge in [-0.1, -0.05) is 6.42 Å². The zero-order chi connectivity index (χ0) is 14.7. The maximum Gasteiger partial charge on any atom is 0.231 e. The number of aliphatic hydroxyl groups is 1. The van der Waals surface area contributed by atoms with Crippen molar-refractivity contribution in [3.8, 4) is 0 Å². The van der Waals surface area contributed by atoms with Crippen molar-refractivity contribution < 1.29 is 5.11 Å². The summed E-state index contributed by atoms with van der Waals surface area (Å²) in [5.74, 6) is 2.37. The Morgan fingerprint density at radius 1 is 1.10 bits per heavy atom. The second kappa shape index (κ2) is 6.43. The third-order valence-corrected chi connectivity index (χ3v) is 4.60. The van der Waals surface area contributed by atoms with E-state index in [0.29, 0.717) is 23.7 Å². The number of nitrogens with zero attached hydrogens (tertiary/aromatic N) is 4. The molecular formula is C14H24N6O. The molecule has 2 atom stereocenters. The third kappa shape index (κ3) is 3.34. The molecule has 0 radical (unpaired) electrons. The van der Waals surface area contributed by atoms with Gasteiger partial charge in [-0.3, -0.25) is 0 Å². The molecule has 1 aromatic heterocycles. The molecule has 0 spiro atoms. The number of nitrogen functional groups attached to an aromatic ring is 1. The Hall–Kier alpha value is -1.63. The fraction of sp³-hybridized carbons (Fsp3) is 0.786. The number of aromatic nitrogens is 3. The van der Waals surface area contributed by atoms with Crippen molar-refractivity contribution in [2.75, 3.05) is 42.2 Å². The number of hydrogen-bond donors (Lipinski definition) is 3. The van der Waals surface area contributed by atoms with Gasteiger partial charge in [-0.15, -0.1) is 0 Å². The minimum Gasteiger partial charge on any atom is -0.396 e. The van der Waals surface area contributed by atoms with Gasteiger partial charge in [0.05, 0.1) is 0 Å². The SMILES string of the molecule is Nc1nc(NCC2CCCC2CO)nc(N2CCCC2)n1. The Morgan fingerprint density at radius 3 is 2.62 bits per heavy atom. The molecule has 0 amide bonds. The lowest BCUT2D eigenvalue weighted by molar-refractivity contribution is 0.199. The van der Waals surface area contributed by atoms with Crippen molar-refractivity contribution in [2.45, 2.75) is 32.1 Å². The van der Waals surface area contributed by atoms with Crippen molar-refractivity contribution in [2.24, 2.45) is 11.8 Å². The van der Waals surface area contributed by atoms with E-state index in [1.165, 1.54) is 19.3 Å². The van der Waals surface area contributed by atoms with E-state index in [4.69, 9.17) is 5.73 Å². The summed E-state index contributed by atoms with van der Waals surface area (Å²) >= 11 is 0. The molecule has 2 unspecified atom stereocenters. The molecule has 1 saturated carbocycles. The van der Waals surface area contributed by atoms with Crippen LogP contribution in [0.4, 0.5) is 17.8 Å².